The highest BCUT2D eigenvalue weighted by atomic mass is 32.2. The van der Waals surface area contributed by atoms with Crippen LogP contribution in [-0.2, 0) is 0 Å². The minimum atomic E-state index is 0.418. The van der Waals surface area contributed by atoms with E-state index >= 15 is 0 Å². The number of nitrogen functional groups attached to an aromatic ring is 1. The van der Waals surface area contributed by atoms with Crippen molar-refractivity contribution in [3.8, 4) is 0 Å². The van der Waals surface area contributed by atoms with Gasteiger partial charge < -0.3 is 5.73 Å². The summed E-state index contributed by atoms with van der Waals surface area (Å²) in [6.45, 7) is 4.31. The van der Waals surface area contributed by atoms with Crippen LogP contribution >= 0.6 is 11.8 Å². The van der Waals surface area contributed by atoms with Gasteiger partial charge in [-0.2, -0.15) is 0 Å². The Morgan fingerprint density at radius 1 is 1.06 bits per heavy atom. The van der Waals surface area contributed by atoms with Gasteiger partial charge in [-0.1, -0.05) is 29.8 Å². The summed E-state index contributed by atoms with van der Waals surface area (Å²) in [7, 11) is 0. The number of aryl methyl sites for hydroxylation is 1. The van der Waals surface area contributed by atoms with Crippen LogP contribution in [0.4, 0.5) is 5.69 Å². The summed E-state index contributed by atoms with van der Waals surface area (Å²) in [4.78, 5) is 1.30. The maximum Gasteiger partial charge on any atom is 0.0317 e. The van der Waals surface area contributed by atoms with Crippen molar-refractivity contribution in [3.05, 3.63) is 59.7 Å². The lowest BCUT2D eigenvalue weighted by Gasteiger charge is -2.12. The molecule has 1 unspecified atom stereocenters. The van der Waals surface area contributed by atoms with E-state index in [2.05, 4.69) is 44.2 Å². The standard InChI is InChI=1S/C15H17NS/c1-11-6-8-15(9-7-11)17-12(2)13-4-3-5-14(16)10-13/h3-10,12H,16H2,1-2H3. The van der Waals surface area contributed by atoms with Gasteiger partial charge in [0.1, 0.15) is 0 Å². The number of hydrogen-bond donors (Lipinski definition) is 1. The first-order valence-electron chi connectivity index (χ1n) is 5.74. The summed E-state index contributed by atoms with van der Waals surface area (Å²) >= 11 is 1.86. The van der Waals surface area contributed by atoms with E-state index in [1.54, 1.807) is 0 Å². The molecule has 0 heterocycles. The zero-order valence-electron chi connectivity index (χ0n) is 10.2. The molecule has 88 valence electrons. The van der Waals surface area contributed by atoms with Crippen molar-refractivity contribution in [1.82, 2.24) is 0 Å². The largest absolute Gasteiger partial charge is 0.399 e. The van der Waals surface area contributed by atoms with Crippen LogP contribution in [-0.4, -0.2) is 0 Å². The summed E-state index contributed by atoms with van der Waals surface area (Å²) in [6, 6.07) is 16.7. The van der Waals surface area contributed by atoms with Crippen molar-refractivity contribution in [3.63, 3.8) is 0 Å². The molecule has 2 N–H and O–H groups in total. The normalized spacial score (nSPS) is 12.4. The molecule has 2 rings (SSSR count). The SMILES string of the molecule is Cc1ccc(SC(C)c2cccc(N)c2)cc1. The van der Waals surface area contributed by atoms with Crippen molar-refractivity contribution in [2.75, 3.05) is 5.73 Å². The Labute approximate surface area is 107 Å². The van der Waals surface area contributed by atoms with Crippen molar-refractivity contribution < 1.29 is 0 Å². The van der Waals surface area contributed by atoms with Gasteiger partial charge in [-0.05, 0) is 43.7 Å². The molecule has 0 fully saturated rings. The third-order valence-electron chi connectivity index (χ3n) is 2.71. The minimum absolute atomic E-state index is 0.418. The monoisotopic (exact) mass is 243 g/mol. The average molecular weight is 243 g/mol. The predicted octanol–water partition coefficient (Wildman–Crippen LogP) is 4.43. The van der Waals surface area contributed by atoms with Crippen LogP contribution in [0.25, 0.3) is 0 Å². The van der Waals surface area contributed by atoms with E-state index in [0.717, 1.165) is 5.69 Å². The Morgan fingerprint density at radius 3 is 2.41 bits per heavy atom. The molecule has 0 amide bonds. The first kappa shape index (κ1) is 12.1. The summed E-state index contributed by atoms with van der Waals surface area (Å²) in [5.41, 5.74) is 9.20. The number of thioether (sulfide) groups is 1. The first-order chi connectivity index (χ1) is 8.15. The molecule has 1 nitrogen and oxygen atoms in total. The highest BCUT2D eigenvalue weighted by molar-refractivity contribution is 7.99. The van der Waals surface area contributed by atoms with Crippen LogP contribution in [0, 0.1) is 6.92 Å². The highest BCUT2D eigenvalue weighted by Gasteiger charge is 2.07. The molecular weight excluding hydrogens is 226 g/mol. The van der Waals surface area contributed by atoms with Crippen LogP contribution in [0.2, 0.25) is 0 Å². The smallest absolute Gasteiger partial charge is 0.0317 e. The predicted molar refractivity (Wildman–Crippen MR) is 76.3 cm³/mol. The lowest BCUT2D eigenvalue weighted by atomic mass is 10.1. The topological polar surface area (TPSA) is 26.0 Å². The van der Waals surface area contributed by atoms with E-state index in [4.69, 9.17) is 5.73 Å². The van der Waals surface area contributed by atoms with E-state index in [0.29, 0.717) is 5.25 Å². The van der Waals surface area contributed by atoms with E-state index in [-0.39, 0.29) is 0 Å². The molecule has 2 aromatic rings. The van der Waals surface area contributed by atoms with Crippen LogP contribution < -0.4 is 5.73 Å². The molecule has 0 aliphatic carbocycles. The van der Waals surface area contributed by atoms with Crippen molar-refractivity contribution in [2.24, 2.45) is 0 Å². The highest BCUT2D eigenvalue weighted by Crippen LogP contribution is 2.35. The molecule has 0 aliphatic rings. The van der Waals surface area contributed by atoms with Gasteiger partial charge in [-0.3, -0.25) is 0 Å². The third-order valence-corrected chi connectivity index (χ3v) is 3.88. The summed E-state index contributed by atoms with van der Waals surface area (Å²) in [5, 5.41) is 0.418. The van der Waals surface area contributed by atoms with Crippen LogP contribution in [0.15, 0.2) is 53.4 Å². The van der Waals surface area contributed by atoms with E-state index in [1.165, 1.54) is 16.0 Å². The van der Waals surface area contributed by atoms with Gasteiger partial charge in [0, 0.05) is 15.8 Å². The number of nitrogens with two attached hydrogens (primary N) is 1. The maximum atomic E-state index is 5.80. The molecule has 0 saturated heterocycles. The van der Waals surface area contributed by atoms with Crippen molar-refractivity contribution in [2.45, 2.75) is 24.0 Å². The Hall–Kier alpha value is -1.41. The Balaban J connectivity index is 2.11. The second-order valence-corrected chi connectivity index (χ2v) is 5.66. The molecule has 0 bridgehead atoms. The van der Waals surface area contributed by atoms with Gasteiger partial charge >= 0.3 is 0 Å². The van der Waals surface area contributed by atoms with Crippen molar-refractivity contribution >= 4 is 17.4 Å². The van der Waals surface area contributed by atoms with Crippen LogP contribution in [0.1, 0.15) is 23.3 Å². The Kier molecular flexibility index (Phi) is 3.75. The molecule has 1 atom stereocenters. The molecular formula is C15H17NS. The average Bonchev–Trinajstić information content (AvgIpc) is 2.32. The van der Waals surface area contributed by atoms with E-state index in [9.17, 15) is 0 Å². The molecule has 0 aromatic heterocycles. The van der Waals surface area contributed by atoms with E-state index < -0.39 is 0 Å². The molecule has 0 radical (unpaired) electrons. The quantitative estimate of drug-likeness (QED) is 0.637. The fraction of sp³-hybridized carbons (Fsp3) is 0.200. The second-order valence-electron chi connectivity index (χ2n) is 4.24. The van der Waals surface area contributed by atoms with Crippen LogP contribution in [0.3, 0.4) is 0 Å². The van der Waals surface area contributed by atoms with E-state index in [1.807, 2.05) is 30.0 Å². The second kappa shape index (κ2) is 5.28. The number of anilines is 1. The Morgan fingerprint density at radius 2 is 1.76 bits per heavy atom. The molecule has 0 aliphatic heterocycles. The van der Waals surface area contributed by atoms with Gasteiger partial charge in [-0.15, -0.1) is 11.8 Å². The third kappa shape index (κ3) is 3.27. The summed E-state index contributed by atoms with van der Waals surface area (Å²) in [5.74, 6) is 0. The number of rotatable bonds is 3. The fourth-order valence-corrected chi connectivity index (χ4v) is 2.69. The van der Waals surface area contributed by atoms with Gasteiger partial charge in [0.15, 0.2) is 0 Å². The molecule has 17 heavy (non-hydrogen) atoms. The number of hydrogen-bond acceptors (Lipinski definition) is 2. The molecule has 0 saturated carbocycles. The maximum absolute atomic E-state index is 5.80. The van der Waals surface area contributed by atoms with Crippen LogP contribution in [0.5, 0.6) is 0 Å². The number of benzene rings is 2. The fourth-order valence-electron chi connectivity index (χ4n) is 1.70. The van der Waals surface area contributed by atoms with Gasteiger partial charge in [0.25, 0.3) is 0 Å². The van der Waals surface area contributed by atoms with Gasteiger partial charge in [0.05, 0.1) is 0 Å². The lowest BCUT2D eigenvalue weighted by Crippen LogP contribution is -1.91. The molecule has 2 aromatic carbocycles. The van der Waals surface area contributed by atoms with Crippen molar-refractivity contribution in [1.29, 1.82) is 0 Å². The zero-order chi connectivity index (χ0) is 12.3. The van der Waals surface area contributed by atoms with Gasteiger partial charge in [0.2, 0.25) is 0 Å². The Bertz CT molecular complexity index is 491. The summed E-state index contributed by atoms with van der Waals surface area (Å²) in [6.07, 6.45) is 0. The lowest BCUT2D eigenvalue weighted by molar-refractivity contribution is 1.10. The first-order valence-corrected chi connectivity index (χ1v) is 6.62. The summed E-state index contributed by atoms with van der Waals surface area (Å²) < 4.78 is 0. The minimum Gasteiger partial charge on any atom is -0.399 e. The van der Waals surface area contributed by atoms with Gasteiger partial charge in [-0.25, -0.2) is 0 Å². The molecule has 2 heteroatoms. The molecule has 0 spiro atoms. The zero-order valence-corrected chi connectivity index (χ0v) is 11.0.